The third-order valence-corrected chi connectivity index (χ3v) is 10.2. The van der Waals surface area contributed by atoms with Gasteiger partial charge in [0, 0.05) is 76.6 Å². The van der Waals surface area contributed by atoms with Crippen LogP contribution in [0.15, 0.2) is 42.5 Å². The molecule has 2 aliphatic heterocycles. The van der Waals surface area contributed by atoms with Crippen molar-refractivity contribution < 1.29 is 53.9 Å². The molecule has 0 unspecified atom stereocenters. The summed E-state index contributed by atoms with van der Waals surface area (Å²) < 4.78 is 122. The Kier molecular flexibility index (Phi) is 10.4. The lowest BCUT2D eigenvalue weighted by Gasteiger charge is -2.36. The minimum Gasteiger partial charge on any atom is -0.342 e. The number of benzene rings is 2. The van der Waals surface area contributed by atoms with E-state index in [1.54, 1.807) is 0 Å². The first-order valence-electron chi connectivity index (χ1n) is 16.3. The third-order valence-electron chi connectivity index (χ3n) is 10.2. The second-order valence-corrected chi connectivity index (χ2v) is 13.4. The summed E-state index contributed by atoms with van der Waals surface area (Å²) in [5.41, 5.74) is -3.24. The first-order chi connectivity index (χ1) is 23.2. The highest BCUT2D eigenvalue weighted by Crippen LogP contribution is 2.40. The van der Waals surface area contributed by atoms with Gasteiger partial charge in [-0.15, -0.1) is 0 Å². The van der Waals surface area contributed by atoms with Crippen LogP contribution in [-0.2, 0) is 21.9 Å². The molecule has 0 aromatic heterocycles. The lowest BCUT2D eigenvalue weighted by molar-refractivity contribution is -0.145. The predicted octanol–water partition coefficient (Wildman–Crippen LogP) is 7.41. The van der Waals surface area contributed by atoms with E-state index in [1.165, 1.54) is 41.1 Å². The Bertz CT molecular complexity index is 1530. The summed E-state index contributed by atoms with van der Waals surface area (Å²) in [7, 11) is 2.38. The molecule has 0 N–H and O–H groups in total. The van der Waals surface area contributed by atoms with Crippen molar-refractivity contribution in [2.24, 2.45) is 11.8 Å². The van der Waals surface area contributed by atoms with Gasteiger partial charge in [0.15, 0.2) is 0 Å². The van der Waals surface area contributed by atoms with Gasteiger partial charge in [0.2, 0.25) is 11.8 Å². The average molecular weight is 721 g/mol. The van der Waals surface area contributed by atoms with Crippen LogP contribution in [0.5, 0.6) is 0 Å². The molecule has 274 valence electrons. The highest BCUT2D eigenvalue weighted by Gasteiger charge is 2.44. The maximum Gasteiger partial charge on any atom is 0.416 e. The largest absolute Gasteiger partial charge is 0.416 e. The number of likely N-dealkylation sites (N-methyl/N-ethyl adjacent to an activating group) is 1. The van der Waals surface area contributed by atoms with Gasteiger partial charge in [0.25, 0.3) is 5.92 Å². The van der Waals surface area contributed by atoms with Crippen LogP contribution in [0.3, 0.4) is 0 Å². The zero-order valence-electron chi connectivity index (χ0n) is 27.3. The highest BCUT2D eigenvalue weighted by molar-refractivity contribution is 5.92. The monoisotopic (exact) mass is 720 g/mol. The van der Waals surface area contributed by atoms with Crippen molar-refractivity contribution in [1.29, 1.82) is 0 Å². The molecule has 7 nitrogen and oxygen atoms in total. The molecule has 16 heteroatoms. The fourth-order valence-corrected chi connectivity index (χ4v) is 7.18. The number of hydrogen-bond donors (Lipinski definition) is 0. The van der Waals surface area contributed by atoms with Gasteiger partial charge in [0.1, 0.15) is 5.82 Å². The highest BCUT2D eigenvalue weighted by atomic mass is 19.4. The predicted molar refractivity (Wildman–Crippen MR) is 164 cm³/mol. The van der Waals surface area contributed by atoms with E-state index in [-0.39, 0.29) is 56.9 Å². The van der Waals surface area contributed by atoms with Crippen LogP contribution >= 0.6 is 0 Å². The molecule has 2 atom stereocenters. The molecule has 50 heavy (non-hydrogen) atoms. The van der Waals surface area contributed by atoms with Crippen LogP contribution in [0.1, 0.15) is 61.1 Å². The number of carbonyl (C=O) groups excluding carboxylic acids is 3. The van der Waals surface area contributed by atoms with E-state index >= 15 is 0 Å². The van der Waals surface area contributed by atoms with Gasteiger partial charge in [-0.1, -0.05) is 12.1 Å². The molecule has 4 amide bonds. The van der Waals surface area contributed by atoms with Gasteiger partial charge in [-0.25, -0.2) is 18.0 Å². The minimum absolute atomic E-state index is 0.0196. The van der Waals surface area contributed by atoms with Gasteiger partial charge < -0.3 is 14.7 Å². The van der Waals surface area contributed by atoms with E-state index < -0.39 is 70.7 Å². The number of likely N-dealkylation sites (tertiary alicyclic amines) is 2. The van der Waals surface area contributed by atoms with Gasteiger partial charge >= 0.3 is 18.4 Å². The summed E-state index contributed by atoms with van der Waals surface area (Å²) in [6.45, 7) is 0.0277. The summed E-state index contributed by atoms with van der Waals surface area (Å²) in [5, 5.41) is 0. The van der Waals surface area contributed by atoms with Crippen molar-refractivity contribution in [2.75, 3.05) is 45.2 Å². The molecule has 3 aliphatic rings. The quantitative estimate of drug-likeness (QED) is 0.303. The molecule has 1 saturated carbocycles. The zero-order chi connectivity index (χ0) is 36.8. The smallest absolute Gasteiger partial charge is 0.342 e. The number of anilines is 1. The fraction of sp³-hybridized carbons (Fsp3) is 0.559. The van der Waals surface area contributed by atoms with E-state index in [0.29, 0.717) is 48.3 Å². The summed E-state index contributed by atoms with van der Waals surface area (Å²) in [6.07, 6.45) is -9.50. The fourth-order valence-electron chi connectivity index (χ4n) is 7.18. The van der Waals surface area contributed by atoms with Gasteiger partial charge in [-0.2, -0.15) is 26.3 Å². The van der Waals surface area contributed by atoms with Crippen LogP contribution < -0.4 is 4.90 Å². The van der Waals surface area contributed by atoms with Crippen molar-refractivity contribution >= 4 is 23.5 Å². The SMILES string of the molecule is CN(C(=O)N(C)[C@@H]1CN(C(=O)[C@H]2CC[C@H](C(=O)N3CCC(F)(F)CC3)CC2)C[C@H]1c1ccc(F)cc1)c1cc(C(F)(F)F)cc(C(F)(F)F)c1. The molecular formula is C34H37F9N4O3. The molecule has 1 aliphatic carbocycles. The molecule has 2 heterocycles. The lowest BCUT2D eigenvalue weighted by Crippen LogP contribution is -2.48. The topological polar surface area (TPSA) is 64.2 Å². The second-order valence-electron chi connectivity index (χ2n) is 13.4. The Balaban J connectivity index is 1.31. The maximum absolute atomic E-state index is 13.8. The van der Waals surface area contributed by atoms with E-state index in [1.807, 2.05) is 0 Å². The Morgan fingerprint density at radius 1 is 0.740 bits per heavy atom. The van der Waals surface area contributed by atoms with Gasteiger partial charge in [-0.05, 0) is 61.6 Å². The summed E-state index contributed by atoms with van der Waals surface area (Å²) in [4.78, 5) is 45.3. The van der Waals surface area contributed by atoms with Crippen molar-refractivity contribution in [2.45, 2.75) is 68.8 Å². The number of rotatable bonds is 5. The van der Waals surface area contributed by atoms with E-state index in [0.717, 1.165) is 11.9 Å². The Hall–Kier alpha value is -3.98. The first kappa shape index (κ1) is 37.3. The van der Waals surface area contributed by atoms with Gasteiger partial charge in [-0.3, -0.25) is 14.5 Å². The van der Waals surface area contributed by atoms with Crippen LogP contribution in [0, 0.1) is 17.7 Å². The summed E-state index contributed by atoms with van der Waals surface area (Å²) in [6, 6.07) is 4.52. The van der Waals surface area contributed by atoms with E-state index in [9.17, 15) is 53.9 Å². The van der Waals surface area contributed by atoms with Crippen LogP contribution in [0.25, 0.3) is 0 Å². The third kappa shape index (κ3) is 8.14. The number of halogens is 9. The average Bonchev–Trinajstić information content (AvgIpc) is 3.51. The molecule has 5 rings (SSSR count). The van der Waals surface area contributed by atoms with Crippen molar-refractivity contribution in [3.63, 3.8) is 0 Å². The number of carbonyl (C=O) groups is 3. The second kappa shape index (κ2) is 14.0. The maximum atomic E-state index is 13.8. The molecule has 2 saturated heterocycles. The molecule has 0 spiro atoms. The number of amides is 4. The molecule has 3 fully saturated rings. The molecule has 0 bridgehead atoms. The summed E-state index contributed by atoms with van der Waals surface area (Å²) in [5.74, 6) is -5.20. The normalized spacial score (nSPS) is 24.2. The van der Waals surface area contributed by atoms with Crippen LogP contribution in [0.4, 0.5) is 50.0 Å². The van der Waals surface area contributed by atoms with E-state index in [2.05, 4.69) is 0 Å². The Labute approximate surface area is 283 Å². The number of alkyl halides is 8. The zero-order valence-corrected chi connectivity index (χ0v) is 27.3. The first-order valence-corrected chi connectivity index (χ1v) is 16.3. The standard InChI is InChI=1S/C34H37F9N4O3/c1-44(26-16-23(33(38,39)40)15-24(17-26)34(41,42)43)31(50)45(2)28-19-47(18-27(28)20-7-9-25(35)10-8-20)30(49)22-5-3-21(4-6-22)29(48)46-13-11-32(36,37)12-14-46/h7-10,15-17,21-22,27-28H,3-6,11-14,18-19H2,1-2H3/t21-,22-,27-,28+/m0/s1. The van der Waals surface area contributed by atoms with Crippen molar-refractivity contribution in [1.82, 2.24) is 14.7 Å². The molecule has 2 aromatic rings. The van der Waals surface area contributed by atoms with Crippen LogP contribution in [-0.4, -0.2) is 84.8 Å². The number of hydrogen-bond acceptors (Lipinski definition) is 3. The Morgan fingerprint density at radius 2 is 1.22 bits per heavy atom. The van der Waals surface area contributed by atoms with Crippen molar-refractivity contribution in [3.05, 3.63) is 65.0 Å². The van der Waals surface area contributed by atoms with Gasteiger partial charge in [0.05, 0.1) is 17.2 Å². The number of piperidine rings is 1. The molecule has 0 radical (unpaired) electrons. The van der Waals surface area contributed by atoms with Crippen molar-refractivity contribution in [3.8, 4) is 0 Å². The van der Waals surface area contributed by atoms with Crippen LogP contribution in [0.2, 0.25) is 0 Å². The lowest BCUT2D eigenvalue weighted by atomic mass is 9.80. The Morgan fingerprint density at radius 3 is 1.70 bits per heavy atom. The molecular weight excluding hydrogens is 683 g/mol. The molecule has 2 aromatic carbocycles. The minimum atomic E-state index is -5.12. The number of nitrogens with zero attached hydrogens (tertiary/aromatic N) is 4. The van der Waals surface area contributed by atoms with E-state index in [4.69, 9.17) is 0 Å². The number of urea groups is 1. The summed E-state index contributed by atoms with van der Waals surface area (Å²) >= 11 is 0.